The van der Waals surface area contributed by atoms with Crippen LogP contribution in [0.4, 0.5) is 0 Å². The van der Waals surface area contributed by atoms with E-state index in [-0.39, 0.29) is 0 Å². The van der Waals surface area contributed by atoms with Gasteiger partial charge in [-0.15, -0.1) is 22.7 Å². The van der Waals surface area contributed by atoms with Crippen molar-refractivity contribution in [3.63, 3.8) is 0 Å². The summed E-state index contributed by atoms with van der Waals surface area (Å²) < 4.78 is 4.15. The first kappa shape index (κ1) is 26.3. The fourth-order valence-electron chi connectivity index (χ4n) is 7.88. The molecule has 3 unspecified atom stereocenters. The molecule has 3 aliphatic carbocycles. The first-order valence-electron chi connectivity index (χ1n) is 16.0. The van der Waals surface area contributed by atoms with Crippen molar-refractivity contribution in [2.45, 2.75) is 36.0 Å². The van der Waals surface area contributed by atoms with Crippen molar-refractivity contribution < 1.29 is 0 Å². The second-order valence-electron chi connectivity index (χ2n) is 12.8. The van der Waals surface area contributed by atoms with Gasteiger partial charge in [0.05, 0.1) is 0 Å². The van der Waals surface area contributed by atoms with Crippen LogP contribution in [0.2, 0.25) is 0 Å². The van der Waals surface area contributed by atoms with E-state index >= 15 is 0 Å². The second kappa shape index (κ2) is 10.3. The summed E-state index contributed by atoms with van der Waals surface area (Å²) in [4.78, 5) is 4.37. The number of hydrogen-bond acceptors (Lipinski definition) is 3. The minimum atomic E-state index is 0.341. The first-order chi connectivity index (χ1) is 22.2. The SMILES string of the molecule is C1=CCC2C(=C1)Sc1ccc(C3=CC(C4C=Cc5sc6ccccc6c5C4)=CC(c4ccc5sc6ccccc6c5c4)C3)cc12. The van der Waals surface area contributed by atoms with Gasteiger partial charge in [0.1, 0.15) is 0 Å². The first-order valence-corrected chi connectivity index (χ1v) is 18.4. The summed E-state index contributed by atoms with van der Waals surface area (Å²) in [6, 6.07) is 32.4. The fraction of sp³-hybridized carbons (Fsp3) is 0.143. The average Bonchev–Trinajstić information content (AvgIpc) is 3.78. The third kappa shape index (κ3) is 4.32. The zero-order chi connectivity index (χ0) is 29.5. The number of thiophene rings is 2. The molecule has 4 aromatic carbocycles. The molecule has 4 aliphatic rings. The predicted octanol–water partition coefficient (Wildman–Crippen LogP) is 12.7. The van der Waals surface area contributed by atoms with E-state index in [1.165, 1.54) is 78.3 Å². The molecule has 10 rings (SSSR count). The number of allylic oxidation sites excluding steroid dienone is 9. The van der Waals surface area contributed by atoms with E-state index < -0.39 is 0 Å². The lowest BCUT2D eigenvalue weighted by molar-refractivity contribution is 0.741. The van der Waals surface area contributed by atoms with Crippen LogP contribution in [0.1, 0.15) is 51.8 Å². The summed E-state index contributed by atoms with van der Waals surface area (Å²) in [5.74, 6) is 1.24. The van der Waals surface area contributed by atoms with Crippen molar-refractivity contribution in [2.24, 2.45) is 5.92 Å². The van der Waals surface area contributed by atoms with Crippen molar-refractivity contribution in [2.75, 3.05) is 0 Å². The molecule has 0 spiro atoms. The van der Waals surface area contributed by atoms with E-state index in [1.54, 1.807) is 0 Å². The second-order valence-corrected chi connectivity index (χ2v) is 16.0. The van der Waals surface area contributed by atoms with Crippen LogP contribution in [-0.4, -0.2) is 0 Å². The summed E-state index contributed by atoms with van der Waals surface area (Å²) in [6.07, 6.45) is 20.1. The number of fused-ring (bicyclic) bond motifs is 9. The van der Waals surface area contributed by atoms with Gasteiger partial charge in [-0.05, 0) is 105 Å². The Kier molecular flexibility index (Phi) is 6.04. The highest BCUT2D eigenvalue weighted by Gasteiger charge is 2.30. The summed E-state index contributed by atoms with van der Waals surface area (Å²) >= 11 is 5.81. The fourth-order valence-corrected chi connectivity index (χ4v) is 11.3. The molecule has 0 saturated carbocycles. The quantitative estimate of drug-likeness (QED) is 0.187. The van der Waals surface area contributed by atoms with Gasteiger partial charge < -0.3 is 0 Å². The lowest BCUT2D eigenvalue weighted by Crippen LogP contribution is -2.13. The lowest BCUT2D eigenvalue weighted by atomic mass is 9.77. The van der Waals surface area contributed by atoms with Gasteiger partial charge in [-0.25, -0.2) is 0 Å². The number of thioether (sulfide) groups is 1. The predicted molar refractivity (Wildman–Crippen MR) is 198 cm³/mol. The van der Waals surface area contributed by atoms with Gasteiger partial charge in [0.2, 0.25) is 0 Å². The maximum atomic E-state index is 2.60. The van der Waals surface area contributed by atoms with Crippen LogP contribution in [0, 0.1) is 5.92 Å². The lowest BCUT2D eigenvalue weighted by Gasteiger charge is -2.28. The van der Waals surface area contributed by atoms with E-state index in [9.17, 15) is 0 Å². The molecule has 2 aromatic heterocycles. The Hall–Kier alpha value is -3.89. The third-order valence-corrected chi connectivity index (χ3v) is 13.7. The molecule has 3 heterocycles. The van der Waals surface area contributed by atoms with Gasteiger partial charge in [0.25, 0.3) is 0 Å². The van der Waals surface area contributed by atoms with Crippen LogP contribution < -0.4 is 0 Å². The molecule has 0 bridgehead atoms. The van der Waals surface area contributed by atoms with Crippen LogP contribution in [0.15, 0.2) is 137 Å². The average molecular weight is 631 g/mol. The van der Waals surface area contributed by atoms with Crippen molar-refractivity contribution in [1.82, 2.24) is 0 Å². The maximum Gasteiger partial charge on any atom is 0.0355 e. The Labute approximate surface area is 275 Å². The highest BCUT2D eigenvalue weighted by atomic mass is 32.2. The Morgan fingerprint density at radius 3 is 2.49 bits per heavy atom. The van der Waals surface area contributed by atoms with Gasteiger partial charge in [-0.1, -0.05) is 96.7 Å². The minimum absolute atomic E-state index is 0.341. The Balaban J connectivity index is 1.08. The Morgan fingerprint density at radius 1 is 0.711 bits per heavy atom. The van der Waals surface area contributed by atoms with Crippen LogP contribution in [0.3, 0.4) is 0 Å². The molecular formula is C42H30S3. The van der Waals surface area contributed by atoms with Crippen molar-refractivity contribution in [3.8, 4) is 0 Å². The van der Waals surface area contributed by atoms with Gasteiger partial charge in [-0.2, -0.15) is 0 Å². The van der Waals surface area contributed by atoms with Crippen LogP contribution in [0.5, 0.6) is 0 Å². The smallest absolute Gasteiger partial charge is 0.0355 e. The summed E-state index contributed by atoms with van der Waals surface area (Å²) in [5.41, 5.74) is 8.79. The topological polar surface area (TPSA) is 0 Å². The number of benzene rings is 4. The van der Waals surface area contributed by atoms with Gasteiger partial charge >= 0.3 is 0 Å². The molecule has 1 aliphatic heterocycles. The van der Waals surface area contributed by atoms with Crippen LogP contribution >= 0.6 is 34.4 Å². The molecule has 0 N–H and O–H groups in total. The Bertz CT molecular complexity index is 2350. The minimum Gasteiger partial charge on any atom is -0.136 e. The largest absolute Gasteiger partial charge is 0.136 e. The molecule has 6 aromatic rings. The maximum absolute atomic E-state index is 2.60. The number of hydrogen-bond donors (Lipinski definition) is 0. The zero-order valence-corrected chi connectivity index (χ0v) is 27.2. The zero-order valence-electron chi connectivity index (χ0n) is 24.7. The van der Waals surface area contributed by atoms with E-state index in [4.69, 9.17) is 0 Å². The molecule has 216 valence electrons. The third-order valence-electron chi connectivity index (χ3n) is 10.2. The van der Waals surface area contributed by atoms with Crippen LogP contribution in [-0.2, 0) is 6.42 Å². The monoisotopic (exact) mass is 630 g/mol. The molecule has 0 radical (unpaired) electrons. The van der Waals surface area contributed by atoms with Gasteiger partial charge in [0.15, 0.2) is 0 Å². The van der Waals surface area contributed by atoms with Gasteiger partial charge in [-0.3, -0.25) is 0 Å². The molecule has 0 nitrogen and oxygen atoms in total. The summed E-state index contributed by atoms with van der Waals surface area (Å²) in [6.45, 7) is 0. The highest BCUT2D eigenvalue weighted by molar-refractivity contribution is 8.03. The normalized spacial score (nSPS) is 21.9. The number of rotatable bonds is 3. The molecule has 0 fully saturated rings. The molecule has 45 heavy (non-hydrogen) atoms. The molecule has 3 atom stereocenters. The summed E-state index contributed by atoms with van der Waals surface area (Å²) in [5, 5.41) is 4.20. The van der Waals surface area contributed by atoms with Crippen molar-refractivity contribution in [3.05, 3.63) is 159 Å². The Morgan fingerprint density at radius 2 is 1.56 bits per heavy atom. The van der Waals surface area contributed by atoms with E-state index in [0.29, 0.717) is 17.8 Å². The highest BCUT2D eigenvalue weighted by Crippen LogP contribution is 2.53. The van der Waals surface area contributed by atoms with E-state index in [0.717, 1.165) is 19.3 Å². The molecule has 0 saturated heterocycles. The molecular weight excluding hydrogens is 601 g/mol. The van der Waals surface area contributed by atoms with Gasteiger partial charge in [0, 0.05) is 52.4 Å². The van der Waals surface area contributed by atoms with Crippen molar-refractivity contribution in [1.29, 1.82) is 0 Å². The van der Waals surface area contributed by atoms with Crippen LogP contribution in [0.25, 0.3) is 41.9 Å². The molecule has 0 amide bonds. The summed E-state index contributed by atoms with van der Waals surface area (Å²) in [7, 11) is 0. The van der Waals surface area contributed by atoms with E-state index in [2.05, 4.69) is 127 Å². The molecule has 3 heteroatoms. The standard InChI is InChI=1S/C42H30S3/c1-4-10-37-31(7-1)34-22-25(13-16-40(34)43-37)28-19-29(26-14-17-41-35(23-26)32-8-2-5-11-38(32)44-41)21-30(20-28)27-15-18-42-36(24-27)33-9-3-6-12-39(33)45-42/h1-8,10-20,23-25,29,33H,9,21-22H2. The van der Waals surface area contributed by atoms with Crippen molar-refractivity contribution >= 4 is 76.3 Å². The van der Waals surface area contributed by atoms with E-state index in [1.807, 2.05) is 34.4 Å².